The highest BCUT2D eigenvalue weighted by Gasteiger charge is 2.26. The van der Waals surface area contributed by atoms with Gasteiger partial charge in [-0.1, -0.05) is 38.3 Å². The summed E-state index contributed by atoms with van der Waals surface area (Å²) in [6.07, 6.45) is 14.7. The van der Waals surface area contributed by atoms with Crippen LogP contribution in [0.4, 0.5) is 0 Å². The molecule has 4 nitrogen and oxygen atoms in total. The van der Waals surface area contributed by atoms with Crippen LogP contribution in [0.15, 0.2) is 42.9 Å². The molecule has 0 saturated heterocycles. The van der Waals surface area contributed by atoms with Crippen LogP contribution >= 0.6 is 0 Å². The number of carbonyl (C=O) groups is 1. The molecule has 1 fully saturated rings. The molecule has 0 unspecified atom stereocenters. The van der Waals surface area contributed by atoms with Crippen LogP contribution in [-0.2, 0) is 18.3 Å². The third-order valence-electron chi connectivity index (χ3n) is 6.44. The van der Waals surface area contributed by atoms with Crippen molar-refractivity contribution in [3.8, 4) is 11.1 Å². The number of Topliss-reactive ketones (excluding diaryl/α,β-unsaturated/α-hetero) is 1. The molecule has 1 aliphatic carbocycles. The van der Waals surface area contributed by atoms with Crippen LogP contribution in [0.25, 0.3) is 21.9 Å². The van der Waals surface area contributed by atoms with Crippen LogP contribution in [0, 0.1) is 11.8 Å². The zero-order valence-corrected chi connectivity index (χ0v) is 17.6. The van der Waals surface area contributed by atoms with Crippen molar-refractivity contribution in [1.29, 1.82) is 0 Å². The van der Waals surface area contributed by atoms with Gasteiger partial charge < -0.3 is 0 Å². The van der Waals surface area contributed by atoms with Crippen molar-refractivity contribution in [1.82, 2.24) is 14.8 Å². The number of carbonyl (C=O) groups excluding carboxylic acids is 1. The van der Waals surface area contributed by atoms with E-state index in [9.17, 15) is 4.79 Å². The molecule has 1 aromatic carbocycles. The second kappa shape index (κ2) is 8.89. The molecule has 1 saturated carbocycles. The first-order chi connectivity index (χ1) is 14.1. The van der Waals surface area contributed by atoms with E-state index in [1.54, 1.807) is 0 Å². The first-order valence-corrected chi connectivity index (χ1v) is 11.0. The summed E-state index contributed by atoms with van der Waals surface area (Å²) in [6.45, 7) is 2.26. The lowest BCUT2D eigenvalue weighted by molar-refractivity contribution is -0.123. The van der Waals surface area contributed by atoms with Gasteiger partial charge in [0.15, 0.2) is 0 Å². The van der Waals surface area contributed by atoms with Crippen molar-refractivity contribution in [2.45, 2.75) is 58.3 Å². The smallest absolute Gasteiger partial charge is 0.141 e. The SMILES string of the molecule is CCCCC1CCC(C(=O)Cc2cc3cc(-c4cnn(C)c4)ccc3cn2)CC1. The second-order valence-corrected chi connectivity index (χ2v) is 8.64. The lowest BCUT2D eigenvalue weighted by Gasteiger charge is -2.27. The van der Waals surface area contributed by atoms with Crippen molar-refractivity contribution in [3.63, 3.8) is 0 Å². The molecule has 152 valence electrons. The topological polar surface area (TPSA) is 47.8 Å². The normalized spacial score (nSPS) is 19.5. The monoisotopic (exact) mass is 389 g/mol. The van der Waals surface area contributed by atoms with Gasteiger partial charge in [0, 0.05) is 48.4 Å². The predicted molar refractivity (Wildman–Crippen MR) is 118 cm³/mol. The molecule has 1 aliphatic rings. The lowest BCUT2D eigenvalue weighted by atomic mass is 9.77. The number of aromatic nitrogens is 3. The highest BCUT2D eigenvalue weighted by molar-refractivity contribution is 5.88. The predicted octanol–water partition coefficient (Wildman–Crippen LogP) is 5.74. The molecule has 3 aromatic rings. The minimum Gasteiger partial charge on any atom is -0.299 e. The van der Waals surface area contributed by atoms with Gasteiger partial charge in [0.05, 0.1) is 6.20 Å². The van der Waals surface area contributed by atoms with E-state index in [4.69, 9.17) is 0 Å². The summed E-state index contributed by atoms with van der Waals surface area (Å²) in [5.41, 5.74) is 3.13. The molecule has 0 bridgehead atoms. The van der Waals surface area contributed by atoms with Crippen molar-refractivity contribution >= 4 is 16.6 Å². The van der Waals surface area contributed by atoms with Gasteiger partial charge in [-0.3, -0.25) is 14.5 Å². The fraction of sp³-hybridized carbons (Fsp3) is 0.480. The van der Waals surface area contributed by atoms with E-state index in [2.05, 4.69) is 41.3 Å². The summed E-state index contributed by atoms with van der Waals surface area (Å²) >= 11 is 0. The quantitative estimate of drug-likeness (QED) is 0.517. The van der Waals surface area contributed by atoms with Crippen LogP contribution in [0.5, 0.6) is 0 Å². The Hall–Kier alpha value is -2.49. The molecule has 0 atom stereocenters. The molecular formula is C25H31N3O. The van der Waals surface area contributed by atoms with E-state index in [-0.39, 0.29) is 5.92 Å². The zero-order valence-electron chi connectivity index (χ0n) is 17.6. The van der Waals surface area contributed by atoms with Gasteiger partial charge >= 0.3 is 0 Å². The number of pyridine rings is 1. The van der Waals surface area contributed by atoms with Gasteiger partial charge in [0.1, 0.15) is 5.78 Å². The summed E-state index contributed by atoms with van der Waals surface area (Å²) in [7, 11) is 1.93. The molecule has 4 rings (SSSR count). The fourth-order valence-electron chi connectivity index (χ4n) is 4.62. The Morgan fingerprint density at radius 2 is 1.90 bits per heavy atom. The number of nitrogens with zero attached hydrogens (tertiary/aromatic N) is 3. The third kappa shape index (κ3) is 4.75. The average Bonchev–Trinajstić information content (AvgIpc) is 3.18. The minimum absolute atomic E-state index is 0.229. The number of rotatable bonds is 7. The molecule has 2 heterocycles. The Kier molecular flexibility index (Phi) is 6.08. The Bertz CT molecular complexity index is 983. The summed E-state index contributed by atoms with van der Waals surface area (Å²) < 4.78 is 1.81. The molecule has 4 heteroatoms. The first kappa shape index (κ1) is 19.8. The van der Waals surface area contributed by atoms with Crippen LogP contribution < -0.4 is 0 Å². The van der Waals surface area contributed by atoms with Crippen LogP contribution in [-0.4, -0.2) is 20.5 Å². The molecule has 0 N–H and O–H groups in total. The van der Waals surface area contributed by atoms with E-state index in [1.165, 1.54) is 32.1 Å². The number of ketones is 1. The van der Waals surface area contributed by atoms with Crippen molar-refractivity contribution in [2.24, 2.45) is 18.9 Å². The molecule has 0 aliphatic heterocycles. The summed E-state index contributed by atoms with van der Waals surface area (Å²) in [5, 5.41) is 6.50. The maximum Gasteiger partial charge on any atom is 0.141 e. The minimum atomic E-state index is 0.229. The molecule has 2 aromatic heterocycles. The standard InChI is InChI=1S/C25H31N3O/c1-3-4-5-18-6-8-19(9-7-18)25(29)14-24-13-22-12-20(10-11-21(22)15-26-24)23-16-27-28(2)17-23/h10-13,15-19H,3-9,14H2,1-2H3. The summed E-state index contributed by atoms with van der Waals surface area (Å²) in [5.74, 6) is 1.44. The molecule has 29 heavy (non-hydrogen) atoms. The Labute approximate surface area is 173 Å². The van der Waals surface area contributed by atoms with E-state index in [0.717, 1.165) is 46.4 Å². The lowest BCUT2D eigenvalue weighted by Crippen LogP contribution is -2.23. The Morgan fingerprint density at radius 3 is 2.62 bits per heavy atom. The van der Waals surface area contributed by atoms with Gasteiger partial charge in [-0.15, -0.1) is 0 Å². The van der Waals surface area contributed by atoms with Gasteiger partial charge in [0.25, 0.3) is 0 Å². The Balaban J connectivity index is 1.43. The van der Waals surface area contributed by atoms with Crippen LogP contribution in [0.2, 0.25) is 0 Å². The number of unbranched alkanes of at least 4 members (excludes halogenated alkanes) is 1. The summed E-state index contributed by atoms with van der Waals surface area (Å²) in [4.78, 5) is 17.4. The number of hydrogen-bond donors (Lipinski definition) is 0. The van der Waals surface area contributed by atoms with E-state index < -0.39 is 0 Å². The van der Waals surface area contributed by atoms with Gasteiger partial charge in [-0.25, -0.2) is 0 Å². The largest absolute Gasteiger partial charge is 0.299 e. The number of hydrogen-bond acceptors (Lipinski definition) is 3. The van der Waals surface area contributed by atoms with E-state index in [0.29, 0.717) is 12.2 Å². The van der Waals surface area contributed by atoms with E-state index in [1.807, 2.05) is 30.3 Å². The van der Waals surface area contributed by atoms with Crippen molar-refractivity contribution in [3.05, 3.63) is 48.5 Å². The van der Waals surface area contributed by atoms with Crippen molar-refractivity contribution in [2.75, 3.05) is 0 Å². The van der Waals surface area contributed by atoms with Crippen LogP contribution in [0.3, 0.4) is 0 Å². The maximum absolute atomic E-state index is 12.9. The van der Waals surface area contributed by atoms with Gasteiger partial charge in [0.2, 0.25) is 0 Å². The molecular weight excluding hydrogens is 358 g/mol. The highest BCUT2D eigenvalue weighted by Crippen LogP contribution is 2.33. The average molecular weight is 390 g/mol. The highest BCUT2D eigenvalue weighted by atomic mass is 16.1. The second-order valence-electron chi connectivity index (χ2n) is 8.64. The van der Waals surface area contributed by atoms with Gasteiger partial charge in [-0.2, -0.15) is 5.10 Å². The maximum atomic E-state index is 12.9. The van der Waals surface area contributed by atoms with E-state index >= 15 is 0 Å². The van der Waals surface area contributed by atoms with Crippen molar-refractivity contribution < 1.29 is 4.79 Å². The third-order valence-corrected chi connectivity index (χ3v) is 6.44. The number of fused-ring (bicyclic) bond motifs is 1. The molecule has 0 radical (unpaired) electrons. The molecule has 0 amide bonds. The molecule has 0 spiro atoms. The number of aryl methyl sites for hydroxylation is 1. The first-order valence-electron chi connectivity index (χ1n) is 11.0. The zero-order chi connectivity index (χ0) is 20.2. The van der Waals surface area contributed by atoms with Gasteiger partial charge in [-0.05, 0) is 54.7 Å². The summed E-state index contributed by atoms with van der Waals surface area (Å²) in [6, 6.07) is 8.44. The number of benzene rings is 1. The Morgan fingerprint density at radius 1 is 1.07 bits per heavy atom. The van der Waals surface area contributed by atoms with Crippen LogP contribution in [0.1, 0.15) is 57.6 Å². The fourth-order valence-corrected chi connectivity index (χ4v) is 4.62.